The molecule has 1 aromatic heterocycles. The zero-order valence-electron chi connectivity index (χ0n) is 16.1. The van der Waals surface area contributed by atoms with Crippen molar-refractivity contribution in [1.29, 1.82) is 0 Å². The minimum atomic E-state index is -3.38. The normalized spacial score (nSPS) is 18.1. The van der Waals surface area contributed by atoms with Crippen molar-refractivity contribution in [1.82, 2.24) is 24.4 Å². The number of hydrogen-bond acceptors (Lipinski definition) is 5. The third kappa shape index (κ3) is 5.17. The predicted octanol–water partition coefficient (Wildman–Crippen LogP) is 1.54. The van der Waals surface area contributed by atoms with Crippen molar-refractivity contribution in [3.8, 4) is 0 Å². The first kappa shape index (κ1) is 20.5. The minimum absolute atomic E-state index is 0.0873. The summed E-state index contributed by atoms with van der Waals surface area (Å²) in [6.45, 7) is 3.28. The smallest absolute Gasteiger partial charge is 0.238 e. The van der Waals surface area contributed by atoms with E-state index in [0.29, 0.717) is 32.5 Å². The second-order valence-corrected chi connectivity index (χ2v) is 9.11. The van der Waals surface area contributed by atoms with Crippen LogP contribution in [0.1, 0.15) is 43.7 Å². The van der Waals surface area contributed by atoms with Crippen LogP contribution in [-0.2, 0) is 27.9 Å². The summed E-state index contributed by atoms with van der Waals surface area (Å²) in [6.07, 6.45) is 5.96. The Bertz CT molecular complexity index is 865. The van der Waals surface area contributed by atoms with E-state index in [1.54, 1.807) is 11.0 Å². The first-order chi connectivity index (χ1) is 13.5. The second kappa shape index (κ2) is 9.29. The van der Waals surface area contributed by atoms with Gasteiger partial charge in [-0.2, -0.15) is 9.40 Å². The van der Waals surface area contributed by atoms with Crippen molar-refractivity contribution in [2.75, 3.05) is 12.3 Å². The summed E-state index contributed by atoms with van der Waals surface area (Å²) < 4.78 is 28.1. The molecule has 1 unspecified atom stereocenters. The lowest BCUT2D eigenvalue weighted by atomic mass is 10.0. The number of rotatable bonds is 8. The summed E-state index contributed by atoms with van der Waals surface area (Å²) in [5.41, 5.74) is 2.05. The molecule has 1 saturated heterocycles. The van der Waals surface area contributed by atoms with Crippen molar-refractivity contribution >= 4 is 15.9 Å². The Labute approximate surface area is 166 Å². The fraction of sp³-hybridized carbons (Fsp3) is 0.526. The van der Waals surface area contributed by atoms with Gasteiger partial charge in [0.2, 0.25) is 15.9 Å². The molecule has 1 atom stereocenters. The quantitative estimate of drug-likeness (QED) is 0.718. The molecular formula is C19H27N5O3S. The van der Waals surface area contributed by atoms with Crippen LogP contribution in [0, 0.1) is 0 Å². The molecule has 9 heteroatoms. The van der Waals surface area contributed by atoms with E-state index in [0.717, 1.165) is 24.0 Å². The van der Waals surface area contributed by atoms with Crippen LogP contribution in [0.25, 0.3) is 0 Å². The molecule has 1 fully saturated rings. The molecule has 28 heavy (non-hydrogen) atoms. The van der Waals surface area contributed by atoms with Crippen LogP contribution in [0.3, 0.4) is 0 Å². The zero-order chi connectivity index (χ0) is 20.0. The van der Waals surface area contributed by atoms with Crippen LogP contribution in [0.4, 0.5) is 0 Å². The SMILES string of the molecule is CCCS(=O)(=O)N1CCCCC1C(=O)NCc1ccc(Cn2cncn2)cc1. The maximum absolute atomic E-state index is 12.7. The summed E-state index contributed by atoms with van der Waals surface area (Å²) in [5, 5.41) is 6.99. The number of nitrogens with one attached hydrogen (secondary N) is 1. The standard InChI is InChI=1S/C19H27N5O3S/c1-2-11-28(26,27)24-10-4-3-5-18(24)19(25)21-12-16-6-8-17(9-7-16)13-23-15-20-14-22-23/h6-9,14-15,18H,2-5,10-13H2,1H3,(H,21,25). The number of amides is 1. The lowest BCUT2D eigenvalue weighted by Gasteiger charge is -2.33. The summed E-state index contributed by atoms with van der Waals surface area (Å²) in [5.74, 6) is -0.129. The van der Waals surface area contributed by atoms with Gasteiger partial charge in [0.25, 0.3) is 0 Å². The van der Waals surface area contributed by atoms with Crippen molar-refractivity contribution in [2.24, 2.45) is 0 Å². The van der Waals surface area contributed by atoms with Gasteiger partial charge >= 0.3 is 0 Å². The van der Waals surface area contributed by atoms with Gasteiger partial charge in [0.1, 0.15) is 18.7 Å². The van der Waals surface area contributed by atoms with Crippen LogP contribution < -0.4 is 5.32 Å². The number of aromatic nitrogens is 3. The van der Waals surface area contributed by atoms with Gasteiger partial charge in [0.05, 0.1) is 12.3 Å². The monoisotopic (exact) mass is 405 g/mol. The highest BCUT2D eigenvalue weighted by molar-refractivity contribution is 7.89. The summed E-state index contributed by atoms with van der Waals surface area (Å²) >= 11 is 0. The van der Waals surface area contributed by atoms with E-state index in [-0.39, 0.29) is 11.7 Å². The lowest BCUT2D eigenvalue weighted by molar-refractivity contribution is -0.125. The predicted molar refractivity (Wildman–Crippen MR) is 106 cm³/mol. The number of sulfonamides is 1. The fourth-order valence-electron chi connectivity index (χ4n) is 3.45. The average molecular weight is 406 g/mol. The van der Waals surface area contributed by atoms with Gasteiger partial charge in [-0.05, 0) is 30.4 Å². The Kier molecular flexibility index (Phi) is 6.79. The van der Waals surface area contributed by atoms with E-state index in [4.69, 9.17) is 0 Å². The molecule has 0 bridgehead atoms. The molecular weight excluding hydrogens is 378 g/mol. The van der Waals surface area contributed by atoms with Gasteiger partial charge in [-0.1, -0.05) is 37.6 Å². The van der Waals surface area contributed by atoms with Crippen molar-refractivity contribution < 1.29 is 13.2 Å². The summed E-state index contributed by atoms with van der Waals surface area (Å²) in [4.78, 5) is 16.6. The molecule has 1 N–H and O–H groups in total. The minimum Gasteiger partial charge on any atom is -0.351 e. The van der Waals surface area contributed by atoms with Crippen LogP contribution in [0.5, 0.6) is 0 Å². The molecule has 2 heterocycles. The Morgan fingerprint density at radius 2 is 1.96 bits per heavy atom. The molecule has 3 rings (SSSR count). The van der Waals surface area contributed by atoms with Crippen molar-refractivity contribution in [3.63, 3.8) is 0 Å². The average Bonchev–Trinajstić information content (AvgIpc) is 3.20. The molecule has 0 saturated carbocycles. The lowest BCUT2D eigenvalue weighted by Crippen LogP contribution is -2.52. The van der Waals surface area contributed by atoms with Gasteiger partial charge in [0.15, 0.2) is 0 Å². The highest BCUT2D eigenvalue weighted by Gasteiger charge is 2.35. The van der Waals surface area contributed by atoms with Crippen molar-refractivity contribution in [3.05, 3.63) is 48.0 Å². The first-order valence-corrected chi connectivity index (χ1v) is 11.3. The maximum Gasteiger partial charge on any atom is 0.238 e. The molecule has 8 nitrogen and oxygen atoms in total. The molecule has 1 amide bonds. The van der Waals surface area contributed by atoms with E-state index in [2.05, 4.69) is 15.4 Å². The molecule has 0 spiro atoms. The number of benzene rings is 1. The van der Waals surface area contributed by atoms with E-state index in [1.165, 1.54) is 10.6 Å². The second-order valence-electron chi connectivity index (χ2n) is 7.07. The van der Waals surface area contributed by atoms with E-state index in [9.17, 15) is 13.2 Å². The third-order valence-corrected chi connectivity index (χ3v) is 6.95. The number of nitrogens with zero attached hydrogens (tertiary/aromatic N) is 4. The van der Waals surface area contributed by atoms with E-state index >= 15 is 0 Å². The fourth-order valence-corrected chi connectivity index (χ4v) is 5.19. The largest absolute Gasteiger partial charge is 0.351 e. The maximum atomic E-state index is 12.7. The molecule has 152 valence electrons. The molecule has 1 aromatic carbocycles. The number of piperidine rings is 1. The topological polar surface area (TPSA) is 97.2 Å². The molecule has 0 aliphatic carbocycles. The van der Waals surface area contributed by atoms with Gasteiger partial charge in [-0.25, -0.2) is 18.1 Å². The molecule has 1 aliphatic rings. The Balaban J connectivity index is 1.57. The number of carbonyl (C=O) groups excluding carboxylic acids is 1. The zero-order valence-corrected chi connectivity index (χ0v) is 16.9. The van der Waals surface area contributed by atoms with Crippen LogP contribution in [0.15, 0.2) is 36.9 Å². The highest BCUT2D eigenvalue weighted by Crippen LogP contribution is 2.21. The molecule has 2 aromatic rings. The van der Waals surface area contributed by atoms with Gasteiger partial charge < -0.3 is 5.32 Å². The van der Waals surface area contributed by atoms with Crippen LogP contribution in [0.2, 0.25) is 0 Å². The van der Waals surface area contributed by atoms with Crippen LogP contribution in [-0.4, -0.2) is 51.7 Å². The Hall–Kier alpha value is -2.26. The Morgan fingerprint density at radius 1 is 1.21 bits per heavy atom. The van der Waals surface area contributed by atoms with Gasteiger partial charge in [0, 0.05) is 13.1 Å². The molecule has 1 aliphatic heterocycles. The Morgan fingerprint density at radius 3 is 2.64 bits per heavy atom. The molecule has 0 radical (unpaired) electrons. The first-order valence-electron chi connectivity index (χ1n) is 9.67. The third-order valence-electron chi connectivity index (χ3n) is 4.88. The number of hydrogen-bond donors (Lipinski definition) is 1. The van der Waals surface area contributed by atoms with Crippen molar-refractivity contribution in [2.45, 2.75) is 51.7 Å². The van der Waals surface area contributed by atoms with Gasteiger partial charge in [-0.3, -0.25) is 4.79 Å². The van der Waals surface area contributed by atoms with E-state index < -0.39 is 16.1 Å². The summed E-state index contributed by atoms with van der Waals surface area (Å²) in [7, 11) is -3.38. The highest BCUT2D eigenvalue weighted by atomic mass is 32.2. The van der Waals surface area contributed by atoms with E-state index in [1.807, 2.05) is 31.2 Å². The van der Waals surface area contributed by atoms with Gasteiger partial charge in [-0.15, -0.1) is 0 Å². The summed E-state index contributed by atoms with van der Waals surface area (Å²) in [6, 6.07) is 7.29. The number of carbonyl (C=O) groups is 1. The van der Waals surface area contributed by atoms with Crippen LogP contribution >= 0.6 is 0 Å².